The molecule has 1 aliphatic rings. The second kappa shape index (κ2) is 7.55. The van der Waals surface area contributed by atoms with E-state index in [9.17, 15) is 4.79 Å². The van der Waals surface area contributed by atoms with Crippen LogP contribution in [0.5, 0.6) is 0 Å². The molecule has 3 rings (SSSR count). The van der Waals surface area contributed by atoms with Crippen molar-refractivity contribution in [1.82, 2.24) is 0 Å². The summed E-state index contributed by atoms with van der Waals surface area (Å²) in [7, 11) is 0. The number of carbonyl (C=O) groups excluding carboxylic acids is 1. The molecule has 3 heteroatoms. The third kappa shape index (κ3) is 3.45. The van der Waals surface area contributed by atoms with Gasteiger partial charge in [0, 0.05) is 12.0 Å². The molecule has 2 N–H and O–H groups in total. The minimum Gasteiger partial charge on any atom is -0.305 e. The zero-order valence-corrected chi connectivity index (χ0v) is 14.7. The topological polar surface area (TPSA) is 46.3 Å². The van der Waals surface area contributed by atoms with Crippen LogP contribution in [-0.4, -0.2) is 5.91 Å². The summed E-state index contributed by atoms with van der Waals surface area (Å²) in [6.07, 6.45) is 4.13. The summed E-state index contributed by atoms with van der Waals surface area (Å²) in [5, 5.41) is 0. The summed E-state index contributed by atoms with van der Waals surface area (Å²) in [5.41, 5.74) is 8.01. The van der Waals surface area contributed by atoms with Crippen molar-refractivity contribution in [1.29, 1.82) is 0 Å². The van der Waals surface area contributed by atoms with Crippen LogP contribution in [0.2, 0.25) is 0 Å². The number of hydrogen-bond acceptors (Lipinski definition) is 2. The van der Waals surface area contributed by atoms with Gasteiger partial charge in [-0.05, 0) is 18.1 Å². The smallest absolute Gasteiger partial charge is 0.264 e. The van der Waals surface area contributed by atoms with Crippen LogP contribution in [0.1, 0.15) is 43.7 Å². The molecule has 2 aromatic rings. The van der Waals surface area contributed by atoms with Crippen LogP contribution in [0.3, 0.4) is 0 Å². The number of nitrogens with zero attached hydrogens (tertiary/aromatic N) is 1. The van der Waals surface area contributed by atoms with Gasteiger partial charge in [0.2, 0.25) is 0 Å². The van der Waals surface area contributed by atoms with Gasteiger partial charge in [0.05, 0.1) is 12.2 Å². The zero-order chi connectivity index (χ0) is 17.7. The van der Waals surface area contributed by atoms with E-state index < -0.39 is 5.54 Å². The molecule has 0 aliphatic carbocycles. The molecule has 0 aromatic heterocycles. The molecule has 0 unspecified atom stereocenters. The predicted molar refractivity (Wildman–Crippen MR) is 102 cm³/mol. The number of hydrogen-bond donors (Lipinski definition) is 1. The maximum absolute atomic E-state index is 13.1. The van der Waals surface area contributed by atoms with Crippen molar-refractivity contribution in [3.8, 4) is 11.8 Å². The molecule has 0 radical (unpaired) electrons. The standard InChI is InChI=1S/C22H24N2O/c1-2-3-4-5-11-16-22(23)19-14-9-10-15-20(19)24(21(22)25)17-18-12-7-6-8-13-18/h6-10,12-15H,2-5,17,23H2,1H3/t22-/m1/s1. The Balaban J connectivity index is 1.89. The largest absolute Gasteiger partial charge is 0.305 e. The Labute approximate surface area is 149 Å². The third-order valence-corrected chi connectivity index (χ3v) is 4.58. The molecule has 0 spiro atoms. The highest BCUT2D eigenvalue weighted by Crippen LogP contribution is 2.39. The molecule has 1 atom stereocenters. The molecular weight excluding hydrogens is 308 g/mol. The van der Waals surface area contributed by atoms with E-state index in [4.69, 9.17) is 5.73 Å². The Hall–Kier alpha value is -2.57. The van der Waals surface area contributed by atoms with Crippen LogP contribution in [0.25, 0.3) is 0 Å². The predicted octanol–water partition coefficient (Wildman–Crippen LogP) is 3.97. The normalized spacial score (nSPS) is 18.6. The van der Waals surface area contributed by atoms with Crippen LogP contribution in [0.15, 0.2) is 54.6 Å². The molecule has 0 fully saturated rings. The van der Waals surface area contributed by atoms with Crippen molar-refractivity contribution in [3.63, 3.8) is 0 Å². The summed E-state index contributed by atoms with van der Waals surface area (Å²) >= 11 is 0. The number of anilines is 1. The molecule has 128 valence electrons. The number of fused-ring (bicyclic) bond motifs is 1. The highest BCUT2D eigenvalue weighted by atomic mass is 16.2. The molecule has 25 heavy (non-hydrogen) atoms. The first-order valence-corrected chi connectivity index (χ1v) is 8.91. The fourth-order valence-electron chi connectivity index (χ4n) is 3.19. The lowest BCUT2D eigenvalue weighted by Crippen LogP contribution is -2.46. The van der Waals surface area contributed by atoms with Crippen molar-refractivity contribution >= 4 is 11.6 Å². The molecule has 0 bridgehead atoms. The van der Waals surface area contributed by atoms with E-state index in [0.717, 1.165) is 42.5 Å². The Morgan fingerprint density at radius 2 is 1.76 bits per heavy atom. The fraction of sp³-hybridized carbons (Fsp3) is 0.318. The monoisotopic (exact) mass is 332 g/mol. The molecule has 0 saturated heterocycles. The minimum atomic E-state index is -1.24. The Kier molecular flexibility index (Phi) is 5.21. The van der Waals surface area contributed by atoms with Crippen molar-refractivity contribution in [2.24, 2.45) is 5.73 Å². The SMILES string of the molecule is CCCCCC#C[C@]1(N)C(=O)N(Cc2ccccc2)c2ccccc21. The average molecular weight is 332 g/mol. The van der Waals surface area contributed by atoms with E-state index in [2.05, 4.69) is 18.8 Å². The summed E-state index contributed by atoms with van der Waals surface area (Å²) in [4.78, 5) is 14.9. The first-order chi connectivity index (χ1) is 12.2. The maximum Gasteiger partial charge on any atom is 0.264 e. The maximum atomic E-state index is 13.1. The fourth-order valence-corrected chi connectivity index (χ4v) is 3.19. The molecule has 1 heterocycles. The second-order valence-corrected chi connectivity index (χ2v) is 6.46. The van der Waals surface area contributed by atoms with Crippen molar-refractivity contribution in [3.05, 3.63) is 65.7 Å². The van der Waals surface area contributed by atoms with E-state index in [0.29, 0.717) is 6.54 Å². The first-order valence-electron chi connectivity index (χ1n) is 8.91. The lowest BCUT2D eigenvalue weighted by molar-refractivity contribution is -0.121. The lowest BCUT2D eigenvalue weighted by Gasteiger charge is -2.20. The number of nitrogens with two attached hydrogens (primary N) is 1. The van der Waals surface area contributed by atoms with Gasteiger partial charge in [-0.25, -0.2) is 0 Å². The van der Waals surface area contributed by atoms with Gasteiger partial charge >= 0.3 is 0 Å². The lowest BCUT2D eigenvalue weighted by atomic mass is 9.93. The van der Waals surface area contributed by atoms with E-state index >= 15 is 0 Å². The number of unbranched alkanes of at least 4 members (excludes halogenated alkanes) is 3. The van der Waals surface area contributed by atoms with Crippen LogP contribution >= 0.6 is 0 Å². The molecule has 3 nitrogen and oxygen atoms in total. The number of rotatable bonds is 5. The molecule has 1 amide bonds. The van der Waals surface area contributed by atoms with E-state index in [1.165, 1.54) is 0 Å². The zero-order valence-electron chi connectivity index (χ0n) is 14.7. The van der Waals surface area contributed by atoms with E-state index in [1.54, 1.807) is 4.90 Å². The highest BCUT2D eigenvalue weighted by Gasteiger charge is 2.47. The quantitative estimate of drug-likeness (QED) is 0.665. The first kappa shape index (κ1) is 17.3. The van der Waals surface area contributed by atoms with Gasteiger partial charge in [-0.3, -0.25) is 4.79 Å². The summed E-state index contributed by atoms with van der Waals surface area (Å²) < 4.78 is 0. The summed E-state index contributed by atoms with van der Waals surface area (Å²) in [6.45, 7) is 2.67. The number of carbonyl (C=O) groups is 1. The van der Waals surface area contributed by atoms with Gasteiger partial charge in [0.1, 0.15) is 0 Å². The van der Waals surface area contributed by atoms with Gasteiger partial charge in [-0.1, -0.05) is 74.2 Å². The van der Waals surface area contributed by atoms with E-state index in [-0.39, 0.29) is 5.91 Å². The Bertz CT molecular complexity index is 804. The number of benzene rings is 2. The van der Waals surface area contributed by atoms with Gasteiger partial charge in [0.25, 0.3) is 5.91 Å². The van der Waals surface area contributed by atoms with Gasteiger partial charge in [-0.2, -0.15) is 0 Å². The Morgan fingerprint density at radius 3 is 2.52 bits per heavy atom. The highest BCUT2D eigenvalue weighted by molar-refractivity contribution is 6.09. The minimum absolute atomic E-state index is 0.138. The summed E-state index contributed by atoms with van der Waals surface area (Å²) in [6, 6.07) is 17.7. The Morgan fingerprint density at radius 1 is 1.04 bits per heavy atom. The van der Waals surface area contributed by atoms with Crippen molar-refractivity contribution in [2.75, 3.05) is 4.90 Å². The summed E-state index contributed by atoms with van der Waals surface area (Å²) in [5.74, 6) is 6.07. The van der Waals surface area contributed by atoms with Gasteiger partial charge in [-0.15, -0.1) is 5.92 Å². The van der Waals surface area contributed by atoms with Crippen LogP contribution < -0.4 is 10.6 Å². The second-order valence-electron chi connectivity index (χ2n) is 6.46. The van der Waals surface area contributed by atoms with Gasteiger partial charge in [0.15, 0.2) is 5.54 Å². The van der Waals surface area contributed by atoms with Gasteiger partial charge < -0.3 is 10.6 Å². The molecular formula is C22H24N2O. The molecule has 1 aliphatic heterocycles. The van der Waals surface area contributed by atoms with Crippen LogP contribution in [0, 0.1) is 11.8 Å². The van der Waals surface area contributed by atoms with E-state index in [1.807, 2.05) is 54.6 Å². The molecule has 2 aromatic carbocycles. The van der Waals surface area contributed by atoms with Crippen molar-refractivity contribution < 1.29 is 4.79 Å². The van der Waals surface area contributed by atoms with Crippen LogP contribution in [-0.2, 0) is 16.9 Å². The number of amides is 1. The number of para-hydroxylation sites is 1. The average Bonchev–Trinajstić information content (AvgIpc) is 2.85. The van der Waals surface area contributed by atoms with Crippen molar-refractivity contribution in [2.45, 2.75) is 44.7 Å². The molecule has 0 saturated carbocycles. The third-order valence-electron chi connectivity index (χ3n) is 4.58. The van der Waals surface area contributed by atoms with Crippen LogP contribution in [0.4, 0.5) is 5.69 Å².